The summed E-state index contributed by atoms with van der Waals surface area (Å²) >= 11 is 1.75. The second-order valence-electron chi connectivity index (χ2n) is 3.69. The van der Waals surface area contributed by atoms with Gasteiger partial charge in [-0.2, -0.15) is 11.8 Å². The number of piperazine rings is 1. The fourth-order valence-electron chi connectivity index (χ4n) is 1.60. The zero-order valence-corrected chi connectivity index (χ0v) is 11.1. The molecular formula is C10H21ClN2OS. The van der Waals surface area contributed by atoms with Crippen LogP contribution >= 0.6 is 24.2 Å². The standard InChI is InChI=1S/C10H20N2OS.ClH/c1-3-6-14-8-10(13)12-5-4-11-7-9(12)2;/h9,11H,3-8H2,1-2H3;1H/t9-;/m0./s1. The Hall–Kier alpha value is 0.0700. The van der Waals surface area contributed by atoms with E-state index in [9.17, 15) is 4.79 Å². The van der Waals surface area contributed by atoms with Crippen molar-refractivity contribution in [2.75, 3.05) is 31.1 Å². The zero-order chi connectivity index (χ0) is 10.4. The van der Waals surface area contributed by atoms with Crippen molar-refractivity contribution >= 4 is 30.1 Å². The first kappa shape index (κ1) is 15.1. The van der Waals surface area contributed by atoms with Crippen molar-refractivity contribution in [2.45, 2.75) is 26.3 Å². The highest BCUT2D eigenvalue weighted by Gasteiger charge is 2.22. The molecule has 1 aliphatic heterocycles. The smallest absolute Gasteiger partial charge is 0.232 e. The fourth-order valence-corrected chi connectivity index (χ4v) is 2.37. The molecule has 5 heteroatoms. The van der Waals surface area contributed by atoms with E-state index in [1.165, 1.54) is 0 Å². The van der Waals surface area contributed by atoms with Gasteiger partial charge in [-0.15, -0.1) is 12.4 Å². The number of amides is 1. The summed E-state index contributed by atoms with van der Waals surface area (Å²) in [5.74, 6) is 2.04. The molecule has 15 heavy (non-hydrogen) atoms. The lowest BCUT2D eigenvalue weighted by Crippen LogP contribution is -2.52. The van der Waals surface area contributed by atoms with Crippen LogP contribution in [-0.2, 0) is 4.79 Å². The average molecular weight is 253 g/mol. The minimum Gasteiger partial charge on any atom is -0.337 e. The maximum atomic E-state index is 11.8. The van der Waals surface area contributed by atoms with E-state index in [1.807, 2.05) is 4.90 Å². The van der Waals surface area contributed by atoms with E-state index in [-0.39, 0.29) is 12.4 Å². The van der Waals surface area contributed by atoms with Crippen LogP contribution in [0.5, 0.6) is 0 Å². The summed E-state index contributed by atoms with van der Waals surface area (Å²) in [5, 5.41) is 3.29. The molecule has 0 bridgehead atoms. The number of carbonyl (C=O) groups is 1. The number of nitrogens with one attached hydrogen (secondary N) is 1. The molecule has 90 valence electrons. The SMILES string of the molecule is CCCSCC(=O)N1CCNC[C@@H]1C.Cl. The van der Waals surface area contributed by atoms with Gasteiger partial charge < -0.3 is 10.2 Å². The van der Waals surface area contributed by atoms with Crippen LogP contribution in [0.4, 0.5) is 0 Å². The maximum absolute atomic E-state index is 11.8. The van der Waals surface area contributed by atoms with Gasteiger partial charge in [0.25, 0.3) is 0 Å². The summed E-state index contributed by atoms with van der Waals surface area (Å²) in [6.45, 7) is 6.99. The Balaban J connectivity index is 0.00000196. The topological polar surface area (TPSA) is 32.3 Å². The van der Waals surface area contributed by atoms with E-state index in [4.69, 9.17) is 0 Å². The molecule has 0 aromatic heterocycles. The van der Waals surface area contributed by atoms with Gasteiger partial charge in [0, 0.05) is 25.7 Å². The summed E-state index contributed by atoms with van der Waals surface area (Å²) < 4.78 is 0. The van der Waals surface area contributed by atoms with Gasteiger partial charge in [-0.1, -0.05) is 6.92 Å². The Kier molecular flexibility index (Phi) is 8.29. The monoisotopic (exact) mass is 252 g/mol. The van der Waals surface area contributed by atoms with Crippen LogP contribution < -0.4 is 5.32 Å². The molecule has 1 rings (SSSR count). The molecule has 0 radical (unpaired) electrons. The summed E-state index contributed by atoms with van der Waals surface area (Å²) in [5.41, 5.74) is 0. The minimum absolute atomic E-state index is 0. The molecule has 0 aliphatic carbocycles. The second kappa shape index (κ2) is 8.25. The van der Waals surface area contributed by atoms with E-state index < -0.39 is 0 Å². The minimum atomic E-state index is 0. The van der Waals surface area contributed by atoms with Crippen molar-refractivity contribution in [1.82, 2.24) is 10.2 Å². The number of hydrogen-bond donors (Lipinski definition) is 1. The van der Waals surface area contributed by atoms with Crippen molar-refractivity contribution in [3.05, 3.63) is 0 Å². The molecule has 1 saturated heterocycles. The number of halogens is 1. The molecule has 1 heterocycles. The predicted octanol–water partition coefficient (Wildman–Crippen LogP) is 1.37. The maximum Gasteiger partial charge on any atom is 0.232 e. The number of nitrogens with zero attached hydrogens (tertiary/aromatic N) is 1. The van der Waals surface area contributed by atoms with Gasteiger partial charge in [-0.25, -0.2) is 0 Å². The number of rotatable bonds is 4. The van der Waals surface area contributed by atoms with Gasteiger partial charge in [0.1, 0.15) is 0 Å². The molecule has 1 amide bonds. The number of carbonyl (C=O) groups excluding carboxylic acids is 1. The van der Waals surface area contributed by atoms with Crippen LogP contribution in [0.25, 0.3) is 0 Å². The Morgan fingerprint density at radius 1 is 1.60 bits per heavy atom. The quantitative estimate of drug-likeness (QED) is 0.768. The van der Waals surface area contributed by atoms with Crippen molar-refractivity contribution in [3.63, 3.8) is 0 Å². The van der Waals surface area contributed by atoms with Crippen molar-refractivity contribution in [2.24, 2.45) is 0 Å². The third-order valence-corrected chi connectivity index (χ3v) is 3.54. The van der Waals surface area contributed by atoms with Gasteiger partial charge in [-0.05, 0) is 19.1 Å². The third-order valence-electron chi connectivity index (χ3n) is 2.40. The van der Waals surface area contributed by atoms with E-state index >= 15 is 0 Å². The summed E-state index contributed by atoms with van der Waals surface area (Å²) in [6, 6.07) is 0.360. The van der Waals surface area contributed by atoms with Crippen LogP contribution in [0.15, 0.2) is 0 Å². The van der Waals surface area contributed by atoms with Gasteiger partial charge in [0.2, 0.25) is 5.91 Å². The van der Waals surface area contributed by atoms with Crippen molar-refractivity contribution < 1.29 is 4.79 Å². The highest BCUT2D eigenvalue weighted by atomic mass is 35.5. The molecule has 3 nitrogen and oxygen atoms in total. The van der Waals surface area contributed by atoms with E-state index in [0.29, 0.717) is 17.7 Å². The Morgan fingerprint density at radius 3 is 2.93 bits per heavy atom. The second-order valence-corrected chi connectivity index (χ2v) is 4.80. The Bertz CT molecular complexity index is 192. The van der Waals surface area contributed by atoms with Crippen LogP contribution in [0.2, 0.25) is 0 Å². The largest absolute Gasteiger partial charge is 0.337 e. The molecular weight excluding hydrogens is 232 g/mol. The highest BCUT2D eigenvalue weighted by Crippen LogP contribution is 2.08. The Labute approximate surface area is 103 Å². The molecule has 1 N–H and O–H groups in total. The van der Waals surface area contributed by atoms with Crippen molar-refractivity contribution in [3.8, 4) is 0 Å². The zero-order valence-electron chi connectivity index (χ0n) is 9.49. The van der Waals surface area contributed by atoms with Gasteiger partial charge >= 0.3 is 0 Å². The highest BCUT2D eigenvalue weighted by molar-refractivity contribution is 7.99. The van der Waals surface area contributed by atoms with Crippen LogP contribution in [0.3, 0.4) is 0 Å². The first-order valence-electron chi connectivity index (χ1n) is 5.33. The lowest BCUT2D eigenvalue weighted by atomic mass is 10.2. The fraction of sp³-hybridized carbons (Fsp3) is 0.900. The molecule has 0 unspecified atom stereocenters. The molecule has 0 aromatic carbocycles. The molecule has 0 saturated carbocycles. The number of thioether (sulfide) groups is 1. The third kappa shape index (κ3) is 5.09. The first-order chi connectivity index (χ1) is 6.75. The number of hydrogen-bond acceptors (Lipinski definition) is 3. The van der Waals surface area contributed by atoms with Gasteiger partial charge in [0.05, 0.1) is 5.75 Å². The summed E-state index contributed by atoms with van der Waals surface area (Å²) in [4.78, 5) is 13.8. The lowest BCUT2D eigenvalue weighted by molar-refractivity contribution is -0.131. The van der Waals surface area contributed by atoms with E-state index in [2.05, 4.69) is 19.2 Å². The molecule has 1 aliphatic rings. The van der Waals surface area contributed by atoms with E-state index in [1.54, 1.807) is 11.8 Å². The van der Waals surface area contributed by atoms with Gasteiger partial charge in [0.15, 0.2) is 0 Å². The van der Waals surface area contributed by atoms with Gasteiger partial charge in [-0.3, -0.25) is 4.79 Å². The normalized spacial score (nSPS) is 20.9. The van der Waals surface area contributed by atoms with Crippen LogP contribution in [0, 0.1) is 0 Å². The lowest BCUT2D eigenvalue weighted by Gasteiger charge is -2.33. The van der Waals surface area contributed by atoms with Crippen LogP contribution in [-0.4, -0.2) is 48.0 Å². The average Bonchev–Trinajstić information content (AvgIpc) is 2.18. The summed E-state index contributed by atoms with van der Waals surface area (Å²) in [7, 11) is 0. The molecule has 1 fully saturated rings. The predicted molar refractivity (Wildman–Crippen MR) is 68.9 cm³/mol. The van der Waals surface area contributed by atoms with E-state index in [0.717, 1.165) is 31.8 Å². The van der Waals surface area contributed by atoms with Crippen molar-refractivity contribution in [1.29, 1.82) is 0 Å². The molecule has 1 atom stereocenters. The molecule has 0 spiro atoms. The van der Waals surface area contributed by atoms with Crippen LogP contribution in [0.1, 0.15) is 20.3 Å². The Morgan fingerprint density at radius 2 is 2.33 bits per heavy atom. The first-order valence-corrected chi connectivity index (χ1v) is 6.49. The summed E-state index contributed by atoms with van der Waals surface area (Å²) in [6.07, 6.45) is 1.15. The molecule has 0 aromatic rings.